The molecular formula is C13H9FINO2. The van der Waals surface area contributed by atoms with Crippen molar-refractivity contribution < 1.29 is 14.3 Å². The lowest BCUT2D eigenvalue weighted by atomic mass is 10.2. The molecule has 92 valence electrons. The Morgan fingerprint density at radius 3 is 2.61 bits per heavy atom. The number of carbonyl (C=O) groups is 1. The van der Waals surface area contributed by atoms with Crippen molar-refractivity contribution in [3.63, 3.8) is 0 Å². The Labute approximate surface area is 117 Å². The van der Waals surface area contributed by atoms with Gasteiger partial charge in [-0.1, -0.05) is 12.1 Å². The van der Waals surface area contributed by atoms with Crippen LogP contribution in [0.4, 0.5) is 10.1 Å². The monoisotopic (exact) mass is 357 g/mol. The first-order chi connectivity index (χ1) is 8.58. The van der Waals surface area contributed by atoms with Gasteiger partial charge in [-0.25, -0.2) is 4.39 Å². The Morgan fingerprint density at radius 2 is 1.94 bits per heavy atom. The lowest BCUT2D eigenvalue weighted by molar-refractivity contribution is 0.102. The molecule has 0 saturated carbocycles. The number of amides is 1. The van der Waals surface area contributed by atoms with Crippen LogP contribution in [0.1, 0.15) is 10.4 Å². The number of halogens is 2. The summed E-state index contributed by atoms with van der Waals surface area (Å²) in [6, 6.07) is 10.6. The average molecular weight is 357 g/mol. The number of phenolic OH excluding ortho intramolecular Hbond substituents is 1. The molecule has 1 amide bonds. The molecule has 0 bridgehead atoms. The minimum atomic E-state index is -0.548. The molecule has 0 fully saturated rings. The fourth-order valence-electron chi connectivity index (χ4n) is 1.45. The van der Waals surface area contributed by atoms with Crippen LogP contribution in [0, 0.1) is 9.39 Å². The Hall–Kier alpha value is -1.63. The number of hydrogen-bond acceptors (Lipinski definition) is 2. The first kappa shape index (κ1) is 12.8. The molecule has 0 spiro atoms. The summed E-state index contributed by atoms with van der Waals surface area (Å²) >= 11 is 1.98. The van der Waals surface area contributed by atoms with E-state index in [0.717, 1.165) is 3.57 Å². The van der Waals surface area contributed by atoms with E-state index in [1.165, 1.54) is 24.3 Å². The highest BCUT2D eigenvalue weighted by Gasteiger charge is 2.12. The molecule has 0 radical (unpaired) electrons. The van der Waals surface area contributed by atoms with Crippen LogP contribution >= 0.6 is 22.6 Å². The summed E-state index contributed by atoms with van der Waals surface area (Å²) in [6.07, 6.45) is 0. The van der Waals surface area contributed by atoms with E-state index in [0.29, 0.717) is 0 Å². The molecule has 0 atom stereocenters. The highest BCUT2D eigenvalue weighted by atomic mass is 127. The van der Waals surface area contributed by atoms with Crippen molar-refractivity contribution in [2.24, 2.45) is 0 Å². The molecule has 3 nitrogen and oxygen atoms in total. The summed E-state index contributed by atoms with van der Waals surface area (Å²) in [5, 5.41) is 11.9. The maximum absolute atomic E-state index is 13.5. The number of aromatic hydroxyl groups is 1. The molecule has 2 aromatic rings. The molecule has 0 unspecified atom stereocenters. The van der Waals surface area contributed by atoms with E-state index >= 15 is 0 Å². The minimum absolute atomic E-state index is 0.0867. The van der Waals surface area contributed by atoms with Gasteiger partial charge in [-0.2, -0.15) is 0 Å². The summed E-state index contributed by atoms with van der Waals surface area (Å²) < 4.78 is 14.3. The van der Waals surface area contributed by atoms with Crippen molar-refractivity contribution in [2.75, 3.05) is 5.32 Å². The smallest absolute Gasteiger partial charge is 0.259 e. The highest BCUT2D eigenvalue weighted by molar-refractivity contribution is 14.1. The van der Waals surface area contributed by atoms with E-state index in [9.17, 15) is 14.3 Å². The maximum Gasteiger partial charge on any atom is 0.259 e. The van der Waals surface area contributed by atoms with E-state index in [1.54, 1.807) is 18.2 Å². The quantitative estimate of drug-likeness (QED) is 0.810. The molecule has 0 saturated heterocycles. The number of para-hydroxylation sites is 1. The van der Waals surface area contributed by atoms with Crippen LogP contribution in [0.2, 0.25) is 0 Å². The maximum atomic E-state index is 13.5. The SMILES string of the molecule is O=C(Nc1ccc(I)cc1F)c1ccccc1O. The number of benzene rings is 2. The molecular weight excluding hydrogens is 348 g/mol. The van der Waals surface area contributed by atoms with Crippen LogP contribution in [-0.4, -0.2) is 11.0 Å². The van der Waals surface area contributed by atoms with Gasteiger partial charge in [-0.05, 0) is 52.9 Å². The molecule has 0 aliphatic rings. The molecule has 18 heavy (non-hydrogen) atoms. The Kier molecular flexibility index (Phi) is 3.81. The first-order valence-electron chi connectivity index (χ1n) is 5.12. The minimum Gasteiger partial charge on any atom is -0.507 e. The molecule has 5 heteroatoms. The van der Waals surface area contributed by atoms with Crippen molar-refractivity contribution in [3.05, 3.63) is 57.4 Å². The van der Waals surface area contributed by atoms with Gasteiger partial charge in [0.15, 0.2) is 0 Å². The largest absolute Gasteiger partial charge is 0.507 e. The van der Waals surface area contributed by atoms with Crippen LogP contribution in [0.25, 0.3) is 0 Å². The summed E-state index contributed by atoms with van der Waals surface area (Å²) in [6.45, 7) is 0. The predicted octanol–water partition coefficient (Wildman–Crippen LogP) is 3.39. The number of rotatable bonds is 2. The third-order valence-corrected chi connectivity index (χ3v) is 3.00. The lowest BCUT2D eigenvalue weighted by Gasteiger charge is -2.07. The average Bonchev–Trinajstić information content (AvgIpc) is 2.33. The van der Waals surface area contributed by atoms with Crippen LogP contribution in [-0.2, 0) is 0 Å². The second kappa shape index (κ2) is 5.34. The summed E-state index contributed by atoms with van der Waals surface area (Å²) in [5.74, 6) is -1.19. The van der Waals surface area contributed by atoms with Gasteiger partial charge in [-0.3, -0.25) is 4.79 Å². The molecule has 0 aliphatic carbocycles. The zero-order valence-corrected chi connectivity index (χ0v) is 11.3. The topological polar surface area (TPSA) is 49.3 Å². The van der Waals surface area contributed by atoms with Crippen molar-refractivity contribution >= 4 is 34.2 Å². The fraction of sp³-hybridized carbons (Fsp3) is 0. The van der Waals surface area contributed by atoms with Crippen LogP contribution < -0.4 is 5.32 Å². The molecule has 0 heterocycles. The van der Waals surface area contributed by atoms with Gasteiger partial charge >= 0.3 is 0 Å². The summed E-state index contributed by atoms with van der Waals surface area (Å²) in [7, 11) is 0. The van der Waals surface area contributed by atoms with E-state index in [-0.39, 0.29) is 17.0 Å². The van der Waals surface area contributed by atoms with Crippen molar-refractivity contribution in [1.29, 1.82) is 0 Å². The number of hydrogen-bond donors (Lipinski definition) is 2. The van der Waals surface area contributed by atoms with E-state index in [4.69, 9.17) is 0 Å². The molecule has 2 aromatic carbocycles. The normalized spacial score (nSPS) is 10.1. The lowest BCUT2D eigenvalue weighted by Crippen LogP contribution is -2.13. The zero-order valence-electron chi connectivity index (χ0n) is 9.15. The van der Waals surface area contributed by atoms with Gasteiger partial charge < -0.3 is 10.4 Å². The molecule has 2 N–H and O–H groups in total. The molecule has 0 aliphatic heterocycles. The van der Waals surface area contributed by atoms with Gasteiger partial charge in [0.05, 0.1) is 11.3 Å². The number of anilines is 1. The van der Waals surface area contributed by atoms with Crippen molar-refractivity contribution in [1.82, 2.24) is 0 Å². The molecule has 0 aromatic heterocycles. The number of carbonyl (C=O) groups excluding carboxylic acids is 1. The fourth-order valence-corrected chi connectivity index (χ4v) is 1.90. The predicted molar refractivity (Wildman–Crippen MR) is 75.2 cm³/mol. The van der Waals surface area contributed by atoms with Crippen LogP contribution in [0.5, 0.6) is 5.75 Å². The number of phenols is 1. The van der Waals surface area contributed by atoms with E-state index in [2.05, 4.69) is 5.32 Å². The van der Waals surface area contributed by atoms with Crippen molar-refractivity contribution in [2.45, 2.75) is 0 Å². The van der Waals surface area contributed by atoms with Gasteiger partial charge in [-0.15, -0.1) is 0 Å². The summed E-state index contributed by atoms with van der Waals surface area (Å²) in [5.41, 5.74) is 0.194. The Balaban J connectivity index is 2.24. The van der Waals surface area contributed by atoms with Crippen molar-refractivity contribution in [3.8, 4) is 5.75 Å². The Bertz CT molecular complexity index is 601. The third-order valence-electron chi connectivity index (χ3n) is 2.33. The third kappa shape index (κ3) is 2.79. The van der Waals surface area contributed by atoms with Gasteiger partial charge in [0.25, 0.3) is 5.91 Å². The summed E-state index contributed by atoms with van der Waals surface area (Å²) in [4.78, 5) is 11.8. The Morgan fingerprint density at radius 1 is 1.22 bits per heavy atom. The number of nitrogens with one attached hydrogen (secondary N) is 1. The van der Waals surface area contributed by atoms with E-state index in [1.807, 2.05) is 22.6 Å². The standard InChI is InChI=1S/C13H9FINO2/c14-10-7-8(15)5-6-11(10)16-13(18)9-3-1-2-4-12(9)17/h1-7,17H,(H,16,18). The first-order valence-corrected chi connectivity index (χ1v) is 6.20. The second-order valence-electron chi connectivity index (χ2n) is 3.60. The highest BCUT2D eigenvalue weighted by Crippen LogP contribution is 2.20. The van der Waals surface area contributed by atoms with Gasteiger partial charge in [0.1, 0.15) is 11.6 Å². The molecule has 2 rings (SSSR count). The van der Waals surface area contributed by atoms with Gasteiger partial charge in [0, 0.05) is 3.57 Å². The van der Waals surface area contributed by atoms with Gasteiger partial charge in [0.2, 0.25) is 0 Å². The van der Waals surface area contributed by atoms with Crippen LogP contribution in [0.3, 0.4) is 0 Å². The zero-order chi connectivity index (χ0) is 13.1. The second-order valence-corrected chi connectivity index (χ2v) is 4.84. The van der Waals surface area contributed by atoms with Crippen LogP contribution in [0.15, 0.2) is 42.5 Å². The van der Waals surface area contributed by atoms with E-state index < -0.39 is 11.7 Å².